The Morgan fingerprint density at radius 3 is 2.47 bits per heavy atom. The van der Waals surface area contributed by atoms with E-state index in [1.807, 2.05) is 0 Å². The standard InChI is InChI=1S/C28H46O5Si/c1-27(2,3)34(7,8)33-26-25(32-18-30-6)16-24-23-11-9-19-15-20(31-17-29-5)10-12-21(19)22(23)13-14-28(24,26)4/h10,12,15,22-26H,9,11,13-14,16-18H2,1-8H3/t22-,23-,24+,25+,26+,28+/m1/s1. The molecule has 3 aliphatic rings. The van der Waals surface area contributed by atoms with Gasteiger partial charge in [0.05, 0.1) is 12.2 Å². The molecule has 0 aliphatic heterocycles. The van der Waals surface area contributed by atoms with Crippen LogP contribution in [-0.2, 0) is 25.1 Å². The van der Waals surface area contributed by atoms with E-state index in [-0.39, 0.29) is 22.7 Å². The molecule has 0 saturated heterocycles. The van der Waals surface area contributed by atoms with Crippen molar-refractivity contribution >= 4 is 8.32 Å². The highest BCUT2D eigenvalue weighted by atomic mass is 28.4. The number of fused-ring (bicyclic) bond motifs is 5. The lowest BCUT2D eigenvalue weighted by Gasteiger charge is -2.52. The molecule has 2 fully saturated rings. The number of hydrogen-bond acceptors (Lipinski definition) is 5. The molecule has 0 N–H and O–H groups in total. The van der Waals surface area contributed by atoms with Crippen LogP contribution in [-0.4, -0.2) is 48.3 Å². The van der Waals surface area contributed by atoms with Crippen LogP contribution in [0, 0.1) is 17.3 Å². The summed E-state index contributed by atoms with van der Waals surface area (Å²) < 4.78 is 29.7. The number of methoxy groups -OCH3 is 2. The Hall–Kier alpha value is -0.923. The van der Waals surface area contributed by atoms with Gasteiger partial charge in [-0.2, -0.15) is 0 Å². The van der Waals surface area contributed by atoms with Crippen molar-refractivity contribution in [2.45, 2.75) is 96.1 Å². The minimum absolute atomic E-state index is 0.106. The predicted molar refractivity (Wildman–Crippen MR) is 138 cm³/mol. The Labute approximate surface area is 208 Å². The van der Waals surface area contributed by atoms with Gasteiger partial charge < -0.3 is 23.4 Å². The molecule has 0 amide bonds. The maximum absolute atomic E-state index is 7.18. The van der Waals surface area contributed by atoms with E-state index >= 15 is 0 Å². The normalized spacial score (nSPS) is 33.2. The Kier molecular flexibility index (Phi) is 7.58. The molecule has 34 heavy (non-hydrogen) atoms. The summed E-state index contributed by atoms with van der Waals surface area (Å²) in [5.74, 6) is 2.82. The van der Waals surface area contributed by atoms with Crippen LogP contribution in [0.1, 0.15) is 70.4 Å². The fourth-order valence-electron chi connectivity index (χ4n) is 6.73. The van der Waals surface area contributed by atoms with Crippen LogP contribution in [0.15, 0.2) is 18.2 Å². The molecule has 5 nitrogen and oxygen atoms in total. The summed E-state index contributed by atoms with van der Waals surface area (Å²) in [6.45, 7) is 14.9. The topological polar surface area (TPSA) is 46.2 Å². The first kappa shape index (κ1) is 26.1. The van der Waals surface area contributed by atoms with Crippen LogP contribution in [0.3, 0.4) is 0 Å². The molecule has 3 aliphatic carbocycles. The van der Waals surface area contributed by atoms with E-state index in [4.69, 9.17) is 23.4 Å². The highest BCUT2D eigenvalue weighted by Crippen LogP contribution is 2.63. The smallest absolute Gasteiger partial charge is 0.192 e. The van der Waals surface area contributed by atoms with Gasteiger partial charge in [-0.15, -0.1) is 0 Å². The largest absolute Gasteiger partial charge is 0.468 e. The van der Waals surface area contributed by atoms with Crippen LogP contribution in [0.25, 0.3) is 0 Å². The molecule has 1 aromatic carbocycles. The summed E-state index contributed by atoms with van der Waals surface area (Å²) in [5, 5.41) is 0.177. The number of benzene rings is 1. The third-order valence-electron chi connectivity index (χ3n) is 9.58. The van der Waals surface area contributed by atoms with E-state index in [1.165, 1.54) is 30.4 Å². The first-order valence-electron chi connectivity index (χ1n) is 13.0. The van der Waals surface area contributed by atoms with Gasteiger partial charge in [0.2, 0.25) is 0 Å². The highest BCUT2D eigenvalue weighted by molar-refractivity contribution is 6.74. The second-order valence-corrected chi connectivity index (χ2v) is 17.3. The molecule has 0 unspecified atom stereocenters. The summed E-state index contributed by atoms with van der Waals surface area (Å²) in [6, 6.07) is 6.68. The van der Waals surface area contributed by atoms with Gasteiger partial charge in [-0.1, -0.05) is 33.8 Å². The van der Waals surface area contributed by atoms with Gasteiger partial charge in [0.25, 0.3) is 0 Å². The molecule has 1 aromatic rings. The van der Waals surface area contributed by atoms with Gasteiger partial charge in [-0.3, -0.25) is 0 Å². The van der Waals surface area contributed by atoms with E-state index in [1.54, 1.807) is 14.2 Å². The number of rotatable bonds is 8. The van der Waals surface area contributed by atoms with Crippen molar-refractivity contribution in [2.24, 2.45) is 17.3 Å². The molecular weight excluding hydrogens is 444 g/mol. The molecule has 0 radical (unpaired) electrons. The second-order valence-electron chi connectivity index (χ2n) is 12.5. The minimum Gasteiger partial charge on any atom is -0.468 e. The lowest BCUT2D eigenvalue weighted by atomic mass is 9.55. The van der Waals surface area contributed by atoms with Crippen molar-refractivity contribution in [1.82, 2.24) is 0 Å². The zero-order valence-corrected chi connectivity index (χ0v) is 23.6. The molecule has 0 spiro atoms. The van der Waals surface area contributed by atoms with Crippen molar-refractivity contribution in [3.05, 3.63) is 29.3 Å². The Bertz CT molecular complexity index is 850. The fourth-order valence-corrected chi connectivity index (χ4v) is 8.14. The van der Waals surface area contributed by atoms with Crippen LogP contribution < -0.4 is 4.74 Å². The molecule has 0 bridgehead atoms. The third kappa shape index (κ3) is 4.73. The summed E-state index contributed by atoms with van der Waals surface area (Å²) in [7, 11) is 1.44. The summed E-state index contributed by atoms with van der Waals surface area (Å²) in [5.41, 5.74) is 3.14. The predicted octanol–water partition coefficient (Wildman–Crippen LogP) is 6.51. The maximum atomic E-state index is 7.18. The van der Waals surface area contributed by atoms with E-state index in [9.17, 15) is 0 Å². The van der Waals surface area contributed by atoms with Gasteiger partial charge in [0.1, 0.15) is 12.5 Å². The lowest BCUT2D eigenvalue weighted by molar-refractivity contribution is -0.115. The molecule has 6 heteroatoms. The maximum Gasteiger partial charge on any atom is 0.192 e. The zero-order chi connectivity index (χ0) is 24.7. The van der Waals surface area contributed by atoms with E-state index < -0.39 is 8.32 Å². The van der Waals surface area contributed by atoms with Crippen LogP contribution in [0.4, 0.5) is 0 Å². The minimum atomic E-state index is -1.94. The van der Waals surface area contributed by atoms with Gasteiger partial charge in [0.15, 0.2) is 15.1 Å². The molecule has 192 valence electrons. The second kappa shape index (κ2) is 9.85. The molecule has 2 saturated carbocycles. The number of aryl methyl sites for hydroxylation is 1. The quantitative estimate of drug-likeness (QED) is 0.307. The summed E-state index contributed by atoms with van der Waals surface area (Å²) in [4.78, 5) is 0. The lowest BCUT2D eigenvalue weighted by Crippen LogP contribution is -2.52. The van der Waals surface area contributed by atoms with Crippen molar-refractivity contribution in [1.29, 1.82) is 0 Å². The van der Waals surface area contributed by atoms with Crippen molar-refractivity contribution in [3.8, 4) is 5.75 Å². The van der Waals surface area contributed by atoms with E-state index in [2.05, 4.69) is 59.0 Å². The van der Waals surface area contributed by atoms with E-state index in [0.717, 1.165) is 18.6 Å². The van der Waals surface area contributed by atoms with Crippen LogP contribution >= 0.6 is 0 Å². The molecular formula is C28H46O5Si. The summed E-state index contributed by atoms with van der Waals surface area (Å²) in [6.07, 6.45) is 6.07. The third-order valence-corrected chi connectivity index (χ3v) is 14.0. The summed E-state index contributed by atoms with van der Waals surface area (Å²) >= 11 is 0. The molecule has 0 heterocycles. The van der Waals surface area contributed by atoms with E-state index in [0.29, 0.717) is 31.3 Å². The average molecular weight is 491 g/mol. The van der Waals surface area contributed by atoms with Gasteiger partial charge in [-0.05, 0) is 96.7 Å². The average Bonchev–Trinajstić information content (AvgIpc) is 3.06. The van der Waals surface area contributed by atoms with Gasteiger partial charge in [-0.25, -0.2) is 0 Å². The Morgan fingerprint density at radius 1 is 1.06 bits per heavy atom. The zero-order valence-electron chi connectivity index (χ0n) is 22.6. The number of hydrogen-bond donors (Lipinski definition) is 0. The Morgan fingerprint density at radius 2 is 1.79 bits per heavy atom. The van der Waals surface area contributed by atoms with Crippen LogP contribution in [0.2, 0.25) is 18.1 Å². The first-order chi connectivity index (χ1) is 16.0. The van der Waals surface area contributed by atoms with Crippen LogP contribution in [0.5, 0.6) is 5.75 Å². The number of ether oxygens (including phenoxy) is 4. The van der Waals surface area contributed by atoms with Crippen molar-refractivity contribution in [3.63, 3.8) is 0 Å². The van der Waals surface area contributed by atoms with Crippen molar-refractivity contribution < 1.29 is 23.4 Å². The van der Waals surface area contributed by atoms with Crippen molar-refractivity contribution in [2.75, 3.05) is 27.8 Å². The highest BCUT2D eigenvalue weighted by Gasteiger charge is 2.60. The molecule has 0 aromatic heterocycles. The van der Waals surface area contributed by atoms with Gasteiger partial charge >= 0.3 is 0 Å². The molecule has 6 atom stereocenters. The first-order valence-corrected chi connectivity index (χ1v) is 16.0. The SMILES string of the molecule is COCOc1ccc2c(c1)CC[C@@H]1[C@@H]2CC[C@@]2(C)[C@H]1C[C@H](OCOC)[C@@H]2O[Si](C)(C)C(C)(C)C. The monoisotopic (exact) mass is 490 g/mol. The molecule has 4 rings (SSSR count). The van der Waals surface area contributed by atoms with Gasteiger partial charge in [0, 0.05) is 14.2 Å². The fraction of sp³-hybridized carbons (Fsp3) is 0.786. The Balaban J connectivity index is 1.60.